The van der Waals surface area contributed by atoms with Crippen molar-refractivity contribution in [3.05, 3.63) is 58.5 Å². The van der Waals surface area contributed by atoms with Crippen LogP contribution in [0.5, 0.6) is 0 Å². The number of aryl methyl sites for hydroxylation is 2. The number of piperidine rings is 1. The molecule has 48 heavy (non-hydrogen) atoms. The minimum atomic E-state index is -1.13. The number of nitrogens with zero attached hydrogens (tertiary/aromatic N) is 7. The summed E-state index contributed by atoms with van der Waals surface area (Å²) in [5, 5.41) is 10.5. The molecule has 0 aliphatic carbocycles. The molecule has 2 fully saturated rings. The average Bonchev–Trinajstić information content (AvgIpc) is 3.03. The van der Waals surface area contributed by atoms with E-state index in [-0.39, 0.29) is 5.41 Å². The highest BCUT2D eigenvalue weighted by Gasteiger charge is 2.37. The molecule has 0 bridgehead atoms. The molecule has 3 aromatic rings. The van der Waals surface area contributed by atoms with Crippen molar-refractivity contribution in [2.24, 2.45) is 5.41 Å². The maximum absolute atomic E-state index is 12.9. The van der Waals surface area contributed by atoms with Crippen LogP contribution in [-0.2, 0) is 22.5 Å². The number of fused-ring (bicyclic) bond motifs is 1. The molecule has 2 aromatic heterocycles. The van der Waals surface area contributed by atoms with Gasteiger partial charge in [0, 0.05) is 81.1 Å². The lowest BCUT2D eigenvalue weighted by molar-refractivity contribution is -0.160. The number of carbonyl (C=O) groups is 1. The van der Waals surface area contributed by atoms with E-state index in [1.165, 1.54) is 11.1 Å². The fourth-order valence-corrected chi connectivity index (χ4v) is 7.33. The van der Waals surface area contributed by atoms with Gasteiger partial charge in [0.05, 0.1) is 11.3 Å². The molecule has 0 saturated carbocycles. The number of likely N-dealkylation sites (N-methyl/N-ethyl adjacent to an activating group) is 1. The van der Waals surface area contributed by atoms with Gasteiger partial charge in [0.25, 0.3) is 0 Å². The van der Waals surface area contributed by atoms with E-state index in [9.17, 15) is 9.90 Å². The lowest BCUT2D eigenvalue weighted by Gasteiger charge is -2.41. The average molecular weight is 656 g/mol. The number of aromatic nitrogens is 3. The Kier molecular flexibility index (Phi) is 9.43. The topological polar surface area (TPSA) is 98.2 Å². The van der Waals surface area contributed by atoms with E-state index >= 15 is 0 Å². The second kappa shape index (κ2) is 13.3. The summed E-state index contributed by atoms with van der Waals surface area (Å²) in [6.07, 6.45) is 3.71. The monoisotopic (exact) mass is 655 g/mol. The summed E-state index contributed by atoms with van der Waals surface area (Å²) in [7, 11) is 2.16. The van der Waals surface area contributed by atoms with Gasteiger partial charge < -0.3 is 29.4 Å². The molecular weight excluding hydrogens is 602 g/mol. The number of carboxylic acid groups (broad SMARTS) is 1. The molecule has 2 saturated heterocycles. The maximum Gasteiger partial charge on any atom is 0.337 e. The third kappa shape index (κ3) is 7.29. The normalized spacial score (nSPS) is 19.3. The summed E-state index contributed by atoms with van der Waals surface area (Å²) in [6, 6.07) is 8.76. The zero-order valence-electron chi connectivity index (χ0n) is 30.1. The van der Waals surface area contributed by atoms with Gasteiger partial charge in [0.2, 0.25) is 5.95 Å². The summed E-state index contributed by atoms with van der Waals surface area (Å²) in [6.45, 7) is 21.6. The van der Waals surface area contributed by atoms with E-state index in [0.717, 1.165) is 106 Å². The first-order valence-electron chi connectivity index (χ1n) is 17.5. The van der Waals surface area contributed by atoms with Crippen molar-refractivity contribution in [1.29, 1.82) is 0 Å². The zero-order chi connectivity index (χ0) is 34.4. The predicted octanol–water partition coefficient (Wildman–Crippen LogP) is 6.04. The first-order valence-corrected chi connectivity index (χ1v) is 17.5. The minimum absolute atomic E-state index is 0.245. The summed E-state index contributed by atoms with van der Waals surface area (Å²) in [4.78, 5) is 36.8. The van der Waals surface area contributed by atoms with Gasteiger partial charge in [-0.2, -0.15) is 4.98 Å². The van der Waals surface area contributed by atoms with Crippen molar-refractivity contribution in [1.82, 2.24) is 19.9 Å². The highest BCUT2D eigenvalue weighted by molar-refractivity contribution is 5.88. The Morgan fingerprint density at radius 3 is 2.27 bits per heavy atom. The van der Waals surface area contributed by atoms with Gasteiger partial charge in [-0.15, -0.1) is 0 Å². The summed E-state index contributed by atoms with van der Waals surface area (Å²) >= 11 is 0. The second-order valence-corrected chi connectivity index (χ2v) is 15.7. The minimum Gasteiger partial charge on any atom is -0.479 e. The van der Waals surface area contributed by atoms with Crippen molar-refractivity contribution in [2.75, 3.05) is 67.6 Å². The highest BCUT2D eigenvalue weighted by Crippen LogP contribution is 2.45. The van der Waals surface area contributed by atoms with E-state index in [0.29, 0.717) is 11.3 Å². The van der Waals surface area contributed by atoms with Crippen LogP contribution in [0.3, 0.4) is 0 Å². The van der Waals surface area contributed by atoms with Crippen LogP contribution >= 0.6 is 0 Å². The van der Waals surface area contributed by atoms with Crippen LogP contribution in [0.2, 0.25) is 0 Å². The van der Waals surface area contributed by atoms with Crippen LogP contribution in [0.15, 0.2) is 30.5 Å². The smallest absolute Gasteiger partial charge is 0.337 e. The van der Waals surface area contributed by atoms with Crippen LogP contribution in [0.4, 0.5) is 17.5 Å². The molecular formula is C38H53N7O3. The van der Waals surface area contributed by atoms with E-state index in [2.05, 4.69) is 70.6 Å². The summed E-state index contributed by atoms with van der Waals surface area (Å²) in [5.74, 6) is 0.781. The number of aliphatic carboxylic acids is 1. The molecule has 0 amide bonds. The quantitative estimate of drug-likeness (QED) is 0.325. The molecule has 10 nitrogen and oxygen atoms in total. The molecule has 258 valence electrons. The fraction of sp³-hybridized carbons (Fsp3) is 0.579. The Morgan fingerprint density at radius 1 is 0.896 bits per heavy atom. The number of benzene rings is 1. The van der Waals surface area contributed by atoms with Gasteiger partial charge in [-0.3, -0.25) is 4.98 Å². The molecule has 10 heteroatoms. The molecule has 1 N–H and O–H groups in total. The van der Waals surface area contributed by atoms with E-state index in [1.54, 1.807) is 0 Å². The third-order valence-electron chi connectivity index (χ3n) is 10.2. The Labute approximate surface area is 286 Å². The van der Waals surface area contributed by atoms with Crippen molar-refractivity contribution in [3.8, 4) is 11.1 Å². The third-order valence-corrected chi connectivity index (χ3v) is 10.2. The van der Waals surface area contributed by atoms with Gasteiger partial charge in [-0.1, -0.05) is 32.0 Å². The Morgan fingerprint density at radius 2 is 1.60 bits per heavy atom. The van der Waals surface area contributed by atoms with Crippen LogP contribution < -0.4 is 14.7 Å². The Balaban J connectivity index is 1.36. The van der Waals surface area contributed by atoms with E-state index in [4.69, 9.17) is 14.7 Å². The number of hydrogen-bond donors (Lipinski definition) is 1. The number of anilines is 3. The number of piperazine rings is 1. The SMILES string of the molecule is Cc1nc(C)c([C@H](OC(C)(C)C)C(=O)O)c(N2CCC(C)(C)CC2)c1-c1ccc2c(c1)CCN(c1ccnc(N3CCN(C)CC3)n1)C2. The van der Waals surface area contributed by atoms with Crippen molar-refractivity contribution < 1.29 is 14.6 Å². The fourth-order valence-electron chi connectivity index (χ4n) is 7.33. The van der Waals surface area contributed by atoms with Gasteiger partial charge in [0.15, 0.2) is 6.10 Å². The van der Waals surface area contributed by atoms with Crippen LogP contribution in [0.1, 0.15) is 81.6 Å². The number of pyridine rings is 1. The van der Waals surface area contributed by atoms with Crippen molar-refractivity contribution in [3.63, 3.8) is 0 Å². The summed E-state index contributed by atoms with van der Waals surface area (Å²) in [5.41, 5.74) is 7.53. The molecule has 5 heterocycles. The predicted molar refractivity (Wildman–Crippen MR) is 192 cm³/mol. The van der Waals surface area contributed by atoms with Crippen molar-refractivity contribution in [2.45, 2.75) is 86.0 Å². The standard InChI is InChI=1S/C38H53N7O3/c1-25-31(33(43-17-13-38(6,7)14-18-43)32(26(2)40-25)34(35(46)47)48-37(3,4)5)28-9-10-29-24-45(16-12-27(29)23-28)30-11-15-39-36(41-30)44-21-19-42(8)20-22-44/h9-11,15,23,34H,12-14,16-22,24H2,1-8H3,(H,46,47)/t34-/m0/s1. The van der Waals surface area contributed by atoms with Gasteiger partial charge >= 0.3 is 5.97 Å². The first-order chi connectivity index (χ1) is 22.7. The van der Waals surface area contributed by atoms with Gasteiger partial charge in [-0.25, -0.2) is 9.78 Å². The number of carboxylic acids is 1. The number of hydrogen-bond acceptors (Lipinski definition) is 9. The number of ether oxygens (including phenoxy) is 1. The zero-order valence-corrected chi connectivity index (χ0v) is 30.1. The molecule has 3 aliphatic rings. The van der Waals surface area contributed by atoms with Crippen molar-refractivity contribution >= 4 is 23.4 Å². The second-order valence-electron chi connectivity index (χ2n) is 15.7. The van der Waals surface area contributed by atoms with E-state index in [1.807, 2.05) is 40.0 Å². The lowest BCUT2D eigenvalue weighted by Crippen LogP contribution is -2.45. The van der Waals surface area contributed by atoms with Crippen LogP contribution in [0.25, 0.3) is 11.1 Å². The molecule has 0 spiro atoms. The first kappa shape index (κ1) is 34.1. The van der Waals surface area contributed by atoms with E-state index < -0.39 is 17.7 Å². The molecule has 0 unspecified atom stereocenters. The molecule has 3 aliphatic heterocycles. The highest BCUT2D eigenvalue weighted by atomic mass is 16.5. The van der Waals surface area contributed by atoms with Crippen LogP contribution in [0, 0.1) is 19.3 Å². The number of rotatable bonds is 7. The van der Waals surface area contributed by atoms with Gasteiger partial charge in [0.1, 0.15) is 5.82 Å². The molecule has 0 radical (unpaired) electrons. The van der Waals surface area contributed by atoms with Crippen LogP contribution in [-0.4, -0.2) is 89.4 Å². The molecule has 1 atom stereocenters. The Bertz CT molecular complexity index is 1650. The summed E-state index contributed by atoms with van der Waals surface area (Å²) < 4.78 is 6.28. The largest absolute Gasteiger partial charge is 0.479 e. The molecule has 1 aromatic carbocycles. The molecule has 6 rings (SSSR count). The maximum atomic E-state index is 12.9. The lowest BCUT2D eigenvalue weighted by atomic mass is 9.81. The van der Waals surface area contributed by atoms with Gasteiger partial charge in [-0.05, 0) is 89.1 Å². The Hall–Kier alpha value is -3.76.